The molecule has 2 aromatic rings. The SMILES string of the molecule is Cc1cc(OC(C)c2nnc(N)o2)ccc1Cl. The first-order chi connectivity index (χ1) is 8.06. The van der Waals surface area contributed by atoms with E-state index in [1.54, 1.807) is 19.1 Å². The maximum absolute atomic E-state index is 5.92. The predicted octanol–water partition coefficient (Wildman–Crippen LogP) is 2.75. The van der Waals surface area contributed by atoms with Gasteiger partial charge in [0.15, 0.2) is 6.10 Å². The molecule has 2 N–H and O–H groups in total. The lowest BCUT2D eigenvalue weighted by Crippen LogP contribution is -2.03. The van der Waals surface area contributed by atoms with Gasteiger partial charge in [-0.15, -0.1) is 5.10 Å². The van der Waals surface area contributed by atoms with Crippen molar-refractivity contribution in [3.8, 4) is 5.75 Å². The van der Waals surface area contributed by atoms with E-state index in [1.807, 2.05) is 13.0 Å². The highest BCUT2D eigenvalue weighted by Gasteiger charge is 2.14. The third kappa shape index (κ3) is 2.68. The summed E-state index contributed by atoms with van der Waals surface area (Å²) in [6.45, 7) is 3.71. The Kier molecular flexibility index (Phi) is 3.19. The minimum Gasteiger partial charge on any atom is -0.481 e. The number of nitrogens with zero attached hydrogens (tertiary/aromatic N) is 2. The van der Waals surface area contributed by atoms with Crippen LogP contribution in [-0.4, -0.2) is 10.2 Å². The van der Waals surface area contributed by atoms with E-state index < -0.39 is 0 Å². The van der Waals surface area contributed by atoms with Crippen LogP contribution in [-0.2, 0) is 0 Å². The second kappa shape index (κ2) is 4.63. The van der Waals surface area contributed by atoms with Crippen molar-refractivity contribution in [2.24, 2.45) is 0 Å². The Morgan fingerprint density at radius 2 is 2.18 bits per heavy atom. The third-order valence-electron chi connectivity index (χ3n) is 2.25. The fourth-order valence-corrected chi connectivity index (χ4v) is 1.47. The summed E-state index contributed by atoms with van der Waals surface area (Å²) in [6, 6.07) is 5.44. The van der Waals surface area contributed by atoms with Crippen molar-refractivity contribution in [1.82, 2.24) is 10.2 Å². The monoisotopic (exact) mass is 253 g/mol. The maximum atomic E-state index is 5.92. The zero-order valence-corrected chi connectivity index (χ0v) is 10.2. The average molecular weight is 254 g/mol. The van der Waals surface area contributed by atoms with Crippen LogP contribution in [0.4, 0.5) is 6.01 Å². The molecule has 1 aromatic heterocycles. The summed E-state index contributed by atoms with van der Waals surface area (Å²) in [6.07, 6.45) is -0.361. The number of ether oxygens (including phenoxy) is 1. The van der Waals surface area contributed by atoms with Crippen LogP contribution in [0.2, 0.25) is 5.02 Å². The molecule has 0 aliphatic carbocycles. The van der Waals surface area contributed by atoms with Crippen LogP contribution < -0.4 is 10.5 Å². The summed E-state index contributed by atoms with van der Waals surface area (Å²) in [5.41, 5.74) is 6.29. The standard InChI is InChI=1S/C11H12ClN3O2/c1-6-5-8(3-4-9(6)12)16-7(2)10-14-15-11(13)17-10/h3-5,7H,1-2H3,(H2,13,15). The largest absolute Gasteiger partial charge is 0.481 e. The summed E-state index contributed by atoms with van der Waals surface area (Å²) < 4.78 is 10.7. The van der Waals surface area contributed by atoms with Gasteiger partial charge in [-0.3, -0.25) is 0 Å². The first-order valence-corrected chi connectivity index (χ1v) is 5.45. The minimum absolute atomic E-state index is 0.0303. The Hall–Kier alpha value is -1.75. The number of nitrogen functional groups attached to an aromatic ring is 1. The molecule has 1 unspecified atom stereocenters. The molecule has 6 heteroatoms. The highest BCUT2D eigenvalue weighted by molar-refractivity contribution is 6.31. The van der Waals surface area contributed by atoms with Gasteiger partial charge in [0, 0.05) is 5.02 Å². The smallest absolute Gasteiger partial charge is 0.312 e. The third-order valence-corrected chi connectivity index (χ3v) is 2.67. The number of halogens is 1. The molecular weight excluding hydrogens is 242 g/mol. The molecule has 0 aliphatic heterocycles. The number of aromatic nitrogens is 2. The molecule has 0 aliphatic rings. The van der Waals surface area contributed by atoms with E-state index in [0.29, 0.717) is 16.7 Å². The molecule has 0 saturated carbocycles. The molecule has 0 spiro atoms. The first kappa shape index (κ1) is 11.7. The zero-order chi connectivity index (χ0) is 12.4. The molecule has 0 radical (unpaired) electrons. The van der Waals surface area contributed by atoms with Gasteiger partial charge in [-0.1, -0.05) is 16.7 Å². The van der Waals surface area contributed by atoms with Gasteiger partial charge in [-0.05, 0) is 37.6 Å². The van der Waals surface area contributed by atoms with Crippen LogP contribution in [0.3, 0.4) is 0 Å². The van der Waals surface area contributed by atoms with E-state index in [-0.39, 0.29) is 12.1 Å². The fourth-order valence-electron chi connectivity index (χ4n) is 1.36. The second-order valence-electron chi connectivity index (χ2n) is 3.65. The molecule has 90 valence electrons. The number of aryl methyl sites for hydroxylation is 1. The molecule has 0 bridgehead atoms. The number of hydrogen-bond acceptors (Lipinski definition) is 5. The lowest BCUT2D eigenvalue weighted by Gasteiger charge is -2.11. The molecule has 5 nitrogen and oxygen atoms in total. The number of rotatable bonds is 3. The van der Waals surface area contributed by atoms with Crippen LogP contribution in [0, 0.1) is 6.92 Å². The van der Waals surface area contributed by atoms with Crippen molar-refractivity contribution in [3.05, 3.63) is 34.7 Å². The molecule has 1 aromatic carbocycles. The van der Waals surface area contributed by atoms with E-state index in [0.717, 1.165) is 5.56 Å². The summed E-state index contributed by atoms with van der Waals surface area (Å²) in [5, 5.41) is 8.03. The van der Waals surface area contributed by atoms with Crippen LogP contribution in [0.5, 0.6) is 5.75 Å². The van der Waals surface area contributed by atoms with Gasteiger partial charge in [-0.2, -0.15) is 0 Å². The van der Waals surface area contributed by atoms with Crippen LogP contribution in [0.25, 0.3) is 0 Å². The molecule has 1 atom stereocenters. The number of anilines is 1. The van der Waals surface area contributed by atoms with E-state index in [1.165, 1.54) is 0 Å². The average Bonchev–Trinajstić information content (AvgIpc) is 2.70. The van der Waals surface area contributed by atoms with Crippen molar-refractivity contribution in [3.63, 3.8) is 0 Å². The van der Waals surface area contributed by atoms with Gasteiger partial charge >= 0.3 is 6.01 Å². The van der Waals surface area contributed by atoms with Crippen molar-refractivity contribution < 1.29 is 9.15 Å². The number of hydrogen-bond donors (Lipinski definition) is 1. The van der Waals surface area contributed by atoms with Gasteiger partial charge in [0.2, 0.25) is 0 Å². The molecule has 0 fully saturated rings. The maximum Gasteiger partial charge on any atom is 0.312 e. The highest BCUT2D eigenvalue weighted by Crippen LogP contribution is 2.25. The molecule has 0 saturated heterocycles. The zero-order valence-electron chi connectivity index (χ0n) is 9.48. The first-order valence-electron chi connectivity index (χ1n) is 5.08. The van der Waals surface area contributed by atoms with Gasteiger partial charge in [0.1, 0.15) is 5.75 Å². The molecule has 1 heterocycles. The van der Waals surface area contributed by atoms with E-state index >= 15 is 0 Å². The lowest BCUT2D eigenvalue weighted by molar-refractivity contribution is 0.190. The second-order valence-corrected chi connectivity index (χ2v) is 4.06. The Balaban J connectivity index is 2.12. The van der Waals surface area contributed by atoms with E-state index in [2.05, 4.69) is 10.2 Å². The molecular formula is C11H12ClN3O2. The van der Waals surface area contributed by atoms with Gasteiger partial charge in [-0.25, -0.2) is 0 Å². The van der Waals surface area contributed by atoms with Crippen molar-refractivity contribution in [2.75, 3.05) is 5.73 Å². The lowest BCUT2D eigenvalue weighted by atomic mass is 10.2. The van der Waals surface area contributed by atoms with Gasteiger partial charge in [0.05, 0.1) is 0 Å². The van der Waals surface area contributed by atoms with Crippen LogP contribution >= 0.6 is 11.6 Å². The normalized spacial score (nSPS) is 12.4. The summed E-state index contributed by atoms with van der Waals surface area (Å²) in [4.78, 5) is 0. The highest BCUT2D eigenvalue weighted by atomic mass is 35.5. The Bertz CT molecular complexity index is 527. The van der Waals surface area contributed by atoms with E-state index in [4.69, 9.17) is 26.5 Å². The summed E-state index contributed by atoms with van der Waals surface area (Å²) >= 11 is 5.92. The van der Waals surface area contributed by atoms with Crippen molar-refractivity contribution in [2.45, 2.75) is 20.0 Å². The summed E-state index contributed by atoms with van der Waals surface area (Å²) in [5.74, 6) is 1.03. The van der Waals surface area contributed by atoms with Crippen LogP contribution in [0.1, 0.15) is 24.5 Å². The Morgan fingerprint density at radius 1 is 1.41 bits per heavy atom. The van der Waals surface area contributed by atoms with Gasteiger partial charge in [0.25, 0.3) is 5.89 Å². The Labute approximate surface area is 104 Å². The number of nitrogens with two attached hydrogens (primary N) is 1. The quantitative estimate of drug-likeness (QED) is 0.910. The minimum atomic E-state index is -0.361. The molecule has 17 heavy (non-hydrogen) atoms. The topological polar surface area (TPSA) is 74.2 Å². The molecule has 2 rings (SSSR count). The van der Waals surface area contributed by atoms with Crippen molar-refractivity contribution >= 4 is 17.6 Å². The van der Waals surface area contributed by atoms with Crippen LogP contribution in [0.15, 0.2) is 22.6 Å². The van der Waals surface area contributed by atoms with Crippen molar-refractivity contribution in [1.29, 1.82) is 0 Å². The predicted molar refractivity (Wildman–Crippen MR) is 63.9 cm³/mol. The fraction of sp³-hybridized carbons (Fsp3) is 0.273. The summed E-state index contributed by atoms with van der Waals surface area (Å²) in [7, 11) is 0. The Morgan fingerprint density at radius 3 is 2.76 bits per heavy atom. The molecule has 0 amide bonds. The van der Waals surface area contributed by atoms with Gasteiger partial charge < -0.3 is 14.9 Å². The van der Waals surface area contributed by atoms with E-state index in [9.17, 15) is 0 Å². The number of benzene rings is 1.